The van der Waals surface area contributed by atoms with Crippen LogP contribution in [-0.2, 0) is 19.8 Å². The second-order valence-electron chi connectivity index (χ2n) is 7.23. The molecule has 0 radical (unpaired) electrons. The smallest absolute Gasteiger partial charge is 0.383 e. The van der Waals surface area contributed by atoms with Gasteiger partial charge in [0.1, 0.15) is 5.82 Å². The van der Waals surface area contributed by atoms with Crippen molar-refractivity contribution in [1.82, 2.24) is 24.6 Å². The van der Waals surface area contributed by atoms with E-state index in [-0.39, 0.29) is 23.0 Å². The highest BCUT2D eigenvalue weighted by Gasteiger charge is 2.30. The third kappa shape index (κ3) is 3.81. The highest BCUT2D eigenvalue weighted by atomic mass is 35.5. The van der Waals surface area contributed by atoms with Crippen molar-refractivity contribution in [1.29, 1.82) is 0 Å². The number of nitrogen functional groups attached to an aromatic ring is 1. The van der Waals surface area contributed by atoms with Gasteiger partial charge in [0.05, 0.1) is 51.0 Å². The lowest BCUT2D eigenvalue weighted by Crippen LogP contribution is -2.31. The fourth-order valence-corrected chi connectivity index (χ4v) is 3.76. The predicted molar refractivity (Wildman–Crippen MR) is 115 cm³/mol. The van der Waals surface area contributed by atoms with Gasteiger partial charge < -0.3 is 10.6 Å². The van der Waals surface area contributed by atoms with Gasteiger partial charge in [-0.15, -0.1) is 0 Å². The molecule has 7 nitrogen and oxygen atoms in total. The number of nitrogens with zero attached hydrogens (tertiary/aromatic N) is 5. The summed E-state index contributed by atoms with van der Waals surface area (Å²) in [6.07, 6.45) is -2.12. The fourth-order valence-electron chi connectivity index (χ4n) is 3.52. The molecule has 32 heavy (non-hydrogen) atoms. The minimum atomic E-state index is -4.47. The lowest BCUT2D eigenvalue weighted by atomic mass is 10.1. The van der Waals surface area contributed by atoms with Gasteiger partial charge in [-0.3, -0.25) is 14.5 Å². The van der Waals surface area contributed by atoms with Crippen molar-refractivity contribution in [3.8, 4) is 0 Å². The molecule has 0 unspecified atom stereocenters. The van der Waals surface area contributed by atoms with Crippen LogP contribution in [0.15, 0.2) is 36.7 Å². The molecule has 1 aromatic carbocycles. The molecule has 4 aromatic rings. The van der Waals surface area contributed by atoms with Crippen LogP contribution >= 0.6 is 11.6 Å². The Morgan fingerprint density at radius 3 is 2.59 bits per heavy atom. The predicted octanol–water partition coefficient (Wildman–Crippen LogP) is 4.43. The van der Waals surface area contributed by atoms with Crippen molar-refractivity contribution < 1.29 is 18.0 Å². The zero-order valence-corrected chi connectivity index (χ0v) is 17.9. The van der Waals surface area contributed by atoms with Gasteiger partial charge in [0.15, 0.2) is 0 Å². The van der Waals surface area contributed by atoms with Crippen molar-refractivity contribution in [2.45, 2.75) is 19.6 Å². The van der Waals surface area contributed by atoms with E-state index in [9.17, 15) is 18.0 Å². The lowest BCUT2D eigenvalue weighted by molar-refractivity contribution is -0.137. The topological polar surface area (TPSA) is 89.9 Å². The molecule has 0 atom stereocenters. The molecule has 11 heteroatoms. The minimum absolute atomic E-state index is 0.0307. The molecule has 0 aliphatic carbocycles. The number of anilines is 1. The molecular formula is C21H18ClF3N6O. The van der Waals surface area contributed by atoms with Crippen molar-refractivity contribution in [3.63, 3.8) is 0 Å². The zero-order chi connectivity index (χ0) is 23.2. The van der Waals surface area contributed by atoms with E-state index in [0.29, 0.717) is 39.9 Å². The summed E-state index contributed by atoms with van der Waals surface area (Å²) in [5.41, 5.74) is 6.97. The van der Waals surface area contributed by atoms with Gasteiger partial charge >= 0.3 is 6.18 Å². The second-order valence-corrected chi connectivity index (χ2v) is 7.64. The van der Waals surface area contributed by atoms with Gasteiger partial charge in [-0.25, -0.2) is 4.98 Å². The number of amides is 1. The fraction of sp³-hybridized carbons (Fsp3) is 0.238. The molecule has 0 bridgehead atoms. The number of rotatable bonds is 4. The monoisotopic (exact) mass is 462 g/mol. The summed E-state index contributed by atoms with van der Waals surface area (Å²) in [5.74, 6) is -0.0763. The highest BCUT2D eigenvalue weighted by Crippen LogP contribution is 2.32. The number of aryl methyl sites for hydroxylation is 1. The summed E-state index contributed by atoms with van der Waals surface area (Å²) in [7, 11) is 1.76. The van der Waals surface area contributed by atoms with Crippen LogP contribution in [0.1, 0.15) is 28.5 Å². The normalized spacial score (nSPS) is 11.9. The number of fused-ring (bicyclic) bond motifs is 3. The first-order valence-corrected chi connectivity index (χ1v) is 9.99. The van der Waals surface area contributed by atoms with E-state index in [1.54, 1.807) is 37.0 Å². The Kier molecular flexibility index (Phi) is 5.41. The van der Waals surface area contributed by atoms with Gasteiger partial charge in [-0.2, -0.15) is 18.3 Å². The SMILES string of the molecule is CCN(Cc1ccc(C(F)(F)F)cn1)C(=O)c1cc2c(cc1Cl)nc(N)c1cnn(C)c12. The highest BCUT2D eigenvalue weighted by molar-refractivity contribution is 6.35. The van der Waals surface area contributed by atoms with Gasteiger partial charge in [-0.1, -0.05) is 11.6 Å². The van der Waals surface area contributed by atoms with Crippen molar-refractivity contribution in [2.24, 2.45) is 7.05 Å². The maximum absolute atomic E-state index is 13.3. The summed E-state index contributed by atoms with van der Waals surface area (Å²) in [6, 6.07) is 5.40. The molecule has 1 amide bonds. The molecule has 0 saturated heterocycles. The van der Waals surface area contributed by atoms with Crippen LogP contribution in [-0.4, -0.2) is 37.1 Å². The number of carbonyl (C=O) groups excluding carboxylic acids is 1. The second kappa shape index (κ2) is 7.94. The van der Waals surface area contributed by atoms with Crippen molar-refractivity contribution in [3.05, 3.63) is 58.5 Å². The quantitative estimate of drug-likeness (QED) is 0.484. The molecule has 3 heterocycles. The van der Waals surface area contributed by atoms with E-state index in [1.165, 1.54) is 11.0 Å². The van der Waals surface area contributed by atoms with Crippen LogP contribution < -0.4 is 5.73 Å². The number of pyridine rings is 2. The van der Waals surface area contributed by atoms with E-state index in [2.05, 4.69) is 15.1 Å². The standard InChI is InChI=1S/C21H18ClF3N6O/c1-3-31(10-12-5-4-11(8-27-12)21(23,24)25)20(32)13-6-14-17(7-16(13)22)29-19(26)15-9-28-30(2)18(14)15/h4-9H,3,10H2,1-2H3,(H2,26,29). The van der Waals surface area contributed by atoms with Crippen LogP contribution in [0, 0.1) is 0 Å². The number of hydrogen-bond donors (Lipinski definition) is 1. The van der Waals surface area contributed by atoms with E-state index < -0.39 is 11.7 Å². The Morgan fingerprint density at radius 1 is 1.22 bits per heavy atom. The molecular weight excluding hydrogens is 445 g/mol. The van der Waals surface area contributed by atoms with Crippen LogP contribution in [0.3, 0.4) is 0 Å². The third-order valence-corrected chi connectivity index (χ3v) is 5.51. The molecule has 0 fully saturated rings. The van der Waals surface area contributed by atoms with Crippen LogP contribution in [0.25, 0.3) is 21.8 Å². The molecule has 3 aromatic heterocycles. The zero-order valence-electron chi connectivity index (χ0n) is 17.1. The number of aromatic nitrogens is 4. The number of halogens is 4. The third-order valence-electron chi connectivity index (χ3n) is 5.20. The van der Waals surface area contributed by atoms with Gasteiger partial charge in [0.2, 0.25) is 0 Å². The number of alkyl halides is 3. The Bertz CT molecular complexity index is 1330. The Labute approximate surface area is 185 Å². The number of hydrogen-bond acceptors (Lipinski definition) is 5. The molecule has 166 valence electrons. The maximum Gasteiger partial charge on any atom is 0.417 e. The van der Waals surface area contributed by atoms with Crippen molar-refractivity contribution >= 4 is 45.1 Å². The summed E-state index contributed by atoms with van der Waals surface area (Å²) in [4.78, 5) is 22.9. The summed E-state index contributed by atoms with van der Waals surface area (Å²) in [6.45, 7) is 2.10. The molecule has 0 aliphatic rings. The van der Waals surface area contributed by atoms with Crippen LogP contribution in [0.4, 0.5) is 19.0 Å². The Hall–Kier alpha value is -3.40. The average Bonchev–Trinajstić information content (AvgIpc) is 3.13. The van der Waals surface area contributed by atoms with Crippen LogP contribution in [0.5, 0.6) is 0 Å². The van der Waals surface area contributed by atoms with Gasteiger partial charge in [-0.05, 0) is 31.2 Å². The average molecular weight is 463 g/mol. The number of carbonyl (C=O) groups is 1. The van der Waals surface area contributed by atoms with Crippen molar-refractivity contribution in [2.75, 3.05) is 12.3 Å². The summed E-state index contributed by atoms with van der Waals surface area (Å²) in [5, 5.41) is 5.72. The molecule has 4 rings (SSSR count). The largest absolute Gasteiger partial charge is 0.417 e. The molecule has 0 saturated carbocycles. The molecule has 0 aliphatic heterocycles. The minimum Gasteiger partial charge on any atom is -0.383 e. The number of nitrogens with two attached hydrogens (primary N) is 1. The summed E-state index contributed by atoms with van der Waals surface area (Å²) >= 11 is 6.40. The molecule has 0 spiro atoms. The Morgan fingerprint density at radius 2 is 1.97 bits per heavy atom. The first-order valence-electron chi connectivity index (χ1n) is 9.62. The Balaban J connectivity index is 1.71. The first kappa shape index (κ1) is 21.8. The lowest BCUT2D eigenvalue weighted by Gasteiger charge is -2.21. The summed E-state index contributed by atoms with van der Waals surface area (Å²) < 4.78 is 40.0. The maximum atomic E-state index is 13.3. The number of benzene rings is 1. The molecule has 2 N–H and O–H groups in total. The van der Waals surface area contributed by atoms with E-state index in [1.807, 2.05) is 0 Å². The first-order chi connectivity index (χ1) is 15.1. The van der Waals surface area contributed by atoms with Crippen LogP contribution in [0.2, 0.25) is 5.02 Å². The van der Waals surface area contributed by atoms with E-state index in [4.69, 9.17) is 17.3 Å². The van der Waals surface area contributed by atoms with Gasteiger partial charge in [0, 0.05) is 25.2 Å². The van der Waals surface area contributed by atoms with E-state index in [0.717, 1.165) is 12.3 Å². The van der Waals surface area contributed by atoms with E-state index >= 15 is 0 Å². The van der Waals surface area contributed by atoms with Gasteiger partial charge in [0.25, 0.3) is 5.91 Å².